The molecule has 1 amide bonds. The van der Waals surface area contributed by atoms with Gasteiger partial charge >= 0.3 is 0 Å². The van der Waals surface area contributed by atoms with Crippen molar-refractivity contribution in [2.75, 3.05) is 31.6 Å². The zero-order valence-corrected chi connectivity index (χ0v) is 12.4. The van der Waals surface area contributed by atoms with Gasteiger partial charge in [-0.05, 0) is 62.4 Å². The summed E-state index contributed by atoms with van der Waals surface area (Å²) < 4.78 is 0. The Kier molecular flexibility index (Phi) is 5.15. The van der Waals surface area contributed by atoms with Crippen molar-refractivity contribution in [3.8, 4) is 0 Å². The summed E-state index contributed by atoms with van der Waals surface area (Å²) in [5.41, 5.74) is 3.17. The fourth-order valence-electron chi connectivity index (χ4n) is 2.89. The van der Waals surface area contributed by atoms with E-state index in [-0.39, 0.29) is 12.5 Å². The molecule has 20 heavy (non-hydrogen) atoms. The summed E-state index contributed by atoms with van der Waals surface area (Å²) in [5, 5.41) is 12.2. The first-order valence-electron chi connectivity index (χ1n) is 7.28. The van der Waals surface area contributed by atoms with Gasteiger partial charge in [0.05, 0.1) is 6.54 Å². The van der Waals surface area contributed by atoms with E-state index < -0.39 is 0 Å². The zero-order valence-electron chi connectivity index (χ0n) is 12.4. The van der Waals surface area contributed by atoms with Crippen LogP contribution in [-0.4, -0.2) is 42.2 Å². The first-order chi connectivity index (χ1) is 9.56. The number of rotatable bonds is 4. The first kappa shape index (κ1) is 15.0. The Morgan fingerprint density at radius 3 is 2.70 bits per heavy atom. The van der Waals surface area contributed by atoms with Crippen molar-refractivity contribution in [2.45, 2.75) is 26.7 Å². The molecular formula is C16H24N2O2. The summed E-state index contributed by atoms with van der Waals surface area (Å²) in [7, 11) is 0. The van der Waals surface area contributed by atoms with Crippen LogP contribution < -0.4 is 5.32 Å². The van der Waals surface area contributed by atoms with E-state index in [1.54, 1.807) is 0 Å². The molecule has 1 aromatic carbocycles. The van der Waals surface area contributed by atoms with Crippen molar-refractivity contribution in [3.05, 3.63) is 29.3 Å². The normalized spacial score (nSPS) is 19.9. The molecule has 1 fully saturated rings. The average Bonchev–Trinajstić information content (AvgIpc) is 2.37. The monoisotopic (exact) mass is 276 g/mol. The number of aliphatic hydroxyl groups is 1. The van der Waals surface area contributed by atoms with Crippen LogP contribution in [0.3, 0.4) is 0 Å². The van der Waals surface area contributed by atoms with Crippen LogP contribution >= 0.6 is 0 Å². The second-order valence-corrected chi connectivity index (χ2v) is 5.85. The fourth-order valence-corrected chi connectivity index (χ4v) is 2.89. The molecule has 1 aliphatic heterocycles. The summed E-state index contributed by atoms with van der Waals surface area (Å²) in [6.07, 6.45) is 2.12. The number of nitrogens with zero attached hydrogens (tertiary/aromatic N) is 1. The number of hydrogen-bond acceptors (Lipinski definition) is 3. The topological polar surface area (TPSA) is 52.6 Å². The molecule has 0 spiro atoms. The van der Waals surface area contributed by atoms with E-state index in [0.29, 0.717) is 12.5 Å². The molecule has 1 heterocycles. The smallest absolute Gasteiger partial charge is 0.238 e. The molecule has 0 radical (unpaired) electrons. The number of likely N-dealkylation sites (tertiary alicyclic amines) is 1. The van der Waals surface area contributed by atoms with Crippen molar-refractivity contribution >= 4 is 11.6 Å². The Hall–Kier alpha value is -1.39. The van der Waals surface area contributed by atoms with Gasteiger partial charge in [-0.25, -0.2) is 0 Å². The number of anilines is 1. The summed E-state index contributed by atoms with van der Waals surface area (Å²) in [5.74, 6) is 0.339. The summed E-state index contributed by atoms with van der Waals surface area (Å²) in [6.45, 7) is 6.44. The number of nitrogens with one attached hydrogen (secondary N) is 1. The van der Waals surface area contributed by atoms with Gasteiger partial charge in [0.15, 0.2) is 0 Å². The molecule has 1 saturated heterocycles. The Balaban J connectivity index is 1.88. The van der Waals surface area contributed by atoms with Crippen molar-refractivity contribution in [2.24, 2.45) is 5.92 Å². The minimum atomic E-state index is 0.0218. The van der Waals surface area contributed by atoms with E-state index >= 15 is 0 Å². The molecule has 1 aromatic rings. The highest BCUT2D eigenvalue weighted by molar-refractivity contribution is 5.92. The van der Waals surface area contributed by atoms with E-state index in [2.05, 4.69) is 16.3 Å². The second kappa shape index (κ2) is 6.86. The zero-order chi connectivity index (χ0) is 14.5. The molecule has 0 bridgehead atoms. The lowest BCUT2D eigenvalue weighted by Gasteiger charge is -2.31. The van der Waals surface area contributed by atoms with Gasteiger partial charge in [-0.2, -0.15) is 0 Å². The molecule has 2 N–H and O–H groups in total. The Labute approximate surface area is 120 Å². The molecule has 110 valence electrons. The van der Waals surface area contributed by atoms with Crippen LogP contribution in [0.15, 0.2) is 18.2 Å². The Morgan fingerprint density at radius 1 is 1.35 bits per heavy atom. The van der Waals surface area contributed by atoms with Crippen LogP contribution in [0, 0.1) is 19.8 Å². The van der Waals surface area contributed by atoms with Crippen LogP contribution in [0.25, 0.3) is 0 Å². The number of carbonyl (C=O) groups excluding carboxylic acids is 1. The summed E-state index contributed by atoms with van der Waals surface area (Å²) >= 11 is 0. The lowest BCUT2D eigenvalue weighted by atomic mass is 9.99. The van der Waals surface area contributed by atoms with E-state index in [1.165, 1.54) is 0 Å². The quantitative estimate of drug-likeness (QED) is 0.883. The van der Waals surface area contributed by atoms with Crippen LogP contribution in [0.4, 0.5) is 5.69 Å². The molecule has 0 saturated carbocycles. The highest BCUT2D eigenvalue weighted by atomic mass is 16.3. The largest absolute Gasteiger partial charge is 0.396 e. The van der Waals surface area contributed by atoms with Crippen LogP contribution in [0.1, 0.15) is 24.0 Å². The van der Waals surface area contributed by atoms with E-state index in [0.717, 1.165) is 42.7 Å². The number of amides is 1. The molecule has 1 atom stereocenters. The fraction of sp³-hybridized carbons (Fsp3) is 0.562. The minimum absolute atomic E-state index is 0.0218. The third-order valence-electron chi connectivity index (χ3n) is 3.73. The Morgan fingerprint density at radius 2 is 2.05 bits per heavy atom. The van der Waals surface area contributed by atoms with E-state index in [1.807, 2.05) is 26.0 Å². The van der Waals surface area contributed by atoms with Crippen molar-refractivity contribution in [3.63, 3.8) is 0 Å². The highest BCUT2D eigenvalue weighted by Gasteiger charge is 2.20. The van der Waals surface area contributed by atoms with Gasteiger partial charge < -0.3 is 10.4 Å². The van der Waals surface area contributed by atoms with Crippen LogP contribution in [-0.2, 0) is 4.79 Å². The number of aliphatic hydroxyl groups excluding tert-OH is 1. The maximum Gasteiger partial charge on any atom is 0.238 e. The maximum atomic E-state index is 12.1. The standard InChI is InChI=1S/C16H24N2O2/c1-12-6-13(2)8-15(7-12)17-16(20)10-18-5-3-4-14(9-18)11-19/h6-8,14,19H,3-5,9-11H2,1-2H3,(H,17,20). The third-order valence-corrected chi connectivity index (χ3v) is 3.73. The molecule has 2 rings (SSSR count). The van der Waals surface area contributed by atoms with Gasteiger partial charge in [-0.3, -0.25) is 9.69 Å². The van der Waals surface area contributed by atoms with Gasteiger partial charge in [0.2, 0.25) is 5.91 Å². The highest BCUT2D eigenvalue weighted by Crippen LogP contribution is 2.16. The number of benzene rings is 1. The van der Waals surface area contributed by atoms with Gasteiger partial charge in [0.25, 0.3) is 0 Å². The number of carbonyl (C=O) groups is 1. The summed E-state index contributed by atoms with van der Waals surface area (Å²) in [6, 6.07) is 6.06. The molecule has 4 heteroatoms. The van der Waals surface area contributed by atoms with Gasteiger partial charge in [0.1, 0.15) is 0 Å². The van der Waals surface area contributed by atoms with Gasteiger partial charge in [-0.1, -0.05) is 6.07 Å². The predicted molar refractivity (Wildman–Crippen MR) is 80.8 cm³/mol. The molecule has 1 aliphatic rings. The number of aryl methyl sites for hydroxylation is 2. The van der Waals surface area contributed by atoms with E-state index in [4.69, 9.17) is 0 Å². The predicted octanol–water partition coefficient (Wildman–Crippen LogP) is 1.95. The van der Waals surface area contributed by atoms with Crippen LogP contribution in [0.5, 0.6) is 0 Å². The molecule has 4 nitrogen and oxygen atoms in total. The van der Waals surface area contributed by atoms with Crippen molar-refractivity contribution < 1.29 is 9.90 Å². The summed E-state index contributed by atoms with van der Waals surface area (Å²) in [4.78, 5) is 14.2. The maximum absolute atomic E-state index is 12.1. The van der Waals surface area contributed by atoms with Crippen molar-refractivity contribution in [1.29, 1.82) is 0 Å². The lowest BCUT2D eigenvalue weighted by molar-refractivity contribution is -0.117. The second-order valence-electron chi connectivity index (χ2n) is 5.85. The number of hydrogen-bond donors (Lipinski definition) is 2. The lowest BCUT2D eigenvalue weighted by Crippen LogP contribution is -2.41. The first-order valence-corrected chi connectivity index (χ1v) is 7.28. The Bertz CT molecular complexity index is 453. The van der Waals surface area contributed by atoms with Crippen LogP contribution in [0.2, 0.25) is 0 Å². The SMILES string of the molecule is Cc1cc(C)cc(NC(=O)CN2CCCC(CO)C2)c1. The molecule has 0 aromatic heterocycles. The van der Waals surface area contributed by atoms with Crippen molar-refractivity contribution in [1.82, 2.24) is 4.90 Å². The third kappa shape index (κ3) is 4.32. The minimum Gasteiger partial charge on any atom is -0.396 e. The number of piperidine rings is 1. The van der Waals surface area contributed by atoms with E-state index in [9.17, 15) is 9.90 Å². The van der Waals surface area contributed by atoms with Gasteiger partial charge in [-0.15, -0.1) is 0 Å². The molecule has 0 aliphatic carbocycles. The van der Waals surface area contributed by atoms with Gasteiger partial charge in [0, 0.05) is 18.8 Å². The molecule has 1 unspecified atom stereocenters. The average molecular weight is 276 g/mol. The molecular weight excluding hydrogens is 252 g/mol.